The van der Waals surface area contributed by atoms with Crippen LogP contribution in [-0.4, -0.2) is 34.6 Å². The van der Waals surface area contributed by atoms with Crippen molar-refractivity contribution in [3.05, 3.63) is 59.9 Å². The fourth-order valence-electron chi connectivity index (χ4n) is 2.54. The highest BCUT2D eigenvalue weighted by atomic mass is 32.1. The average Bonchev–Trinajstić information content (AvgIpc) is 3.18. The first-order chi connectivity index (χ1) is 14.1. The van der Waals surface area contributed by atoms with E-state index in [0.29, 0.717) is 23.7 Å². The van der Waals surface area contributed by atoms with E-state index in [1.807, 2.05) is 25.1 Å². The molecular formula is C21H21N3O4S. The Morgan fingerprint density at radius 3 is 2.79 bits per heavy atom. The first kappa shape index (κ1) is 20.5. The molecule has 1 N–H and O–H groups in total. The fraction of sp³-hybridized carbons (Fsp3) is 0.238. The quantitative estimate of drug-likeness (QED) is 0.568. The number of carbonyl (C=O) groups is 2. The number of hydrogen-bond donors (Lipinski definition) is 1. The maximum absolute atomic E-state index is 12.4. The van der Waals surface area contributed by atoms with Crippen LogP contribution in [0.2, 0.25) is 0 Å². The molecule has 29 heavy (non-hydrogen) atoms. The number of anilines is 1. The number of nitrogens with one attached hydrogen (secondary N) is 1. The molecule has 8 heteroatoms. The van der Waals surface area contributed by atoms with Crippen LogP contribution in [0.1, 0.15) is 19.5 Å². The van der Waals surface area contributed by atoms with Gasteiger partial charge < -0.3 is 14.8 Å². The van der Waals surface area contributed by atoms with E-state index in [4.69, 9.17) is 9.47 Å². The zero-order valence-corrected chi connectivity index (χ0v) is 16.9. The van der Waals surface area contributed by atoms with Crippen molar-refractivity contribution >= 4 is 28.9 Å². The Hall–Kier alpha value is -3.26. The number of nitrogens with zero attached hydrogens (tertiary/aromatic N) is 2. The Labute approximate surface area is 172 Å². The smallest absolute Gasteiger partial charge is 0.312 e. The zero-order chi connectivity index (χ0) is 20.6. The monoisotopic (exact) mass is 411 g/mol. The lowest BCUT2D eigenvalue weighted by molar-refractivity contribution is -0.152. The summed E-state index contributed by atoms with van der Waals surface area (Å²) in [7, 11) is 0. The summed E-state index contributed by atoms with van der Waals surface area (Å²) in [4.78, 5) is 33.1. The largest absolute Gasteiger partial charge is 0.492 e. The predicted octanol–water partition coefficient (Wildman–Crippen LogP) is 3.72. The number of thiazole rings is 1. The van der Waals surface area contributed by atoms with Gasteiger partial charge in [0.25, 0.3) is 5.91 Å². The van der Waals surface area contributed by atoms with Gasteiger partial charge in [0.15, 0.2) is 6.10 Å². The molecule has 1 aromatic carbocycles. The van der Waals surface area contributed by atoms with Crippen LogP contribution < -0.4 is 10.1 Å². The zero-order valence-electron chi connectivity index (χ0n) is 16.1. The van der Waals surface area contributed by atoms with E-state index in [1.165, 1.54) is 18.3 Å². The minimum Gasteiger partial charge on any atom is -0.492 e. The summed E-state index contributed by atoms with van der Waals surface area (Å²) in [5.41, 5.74) is 2.01. The molecule has 0 spiro atoms. The standard InChI is InChI=1S/C21H21N3O4S/c1-3-27-18-9-5-4-8-17(18)24-20(26)14(2)28-19(25)11-16-13-29-21(23-16)15-7-6-10-22-12-15/h4-10,12-14H,3,11H2,1-2H3,(H,24,26)/t14-/m0/s1. The number of para-hydroxylation sites is 2. The summed E-state index contributed by atoms with van der Waals surface area (Å²) in [6, 6.07) is 10.8. The Morgan fingerprint density at radius 2 is 2.03 bits per heavy atom. The second kappa shape index (κ2) is 9.79. The Balaban J connectivity index is 1.55. The first-order valence-corrected chi connectivity index (χ1v) is 10.0. The Morgan fingerprint density at radius 1 is 1.21 bits per heavy atom. The van der Waals surface area contributed by atoms with Crippen LogP contribution in [0.4, 0.5) is 5.69 Å². The minimum atomic E-state index is -0.950. The lowest BCUT2D eigenvalue weighted by Crippen LogP contribution is -2.30. The van der Waals surface area contributed by atoms with Crippen LogP contribution >= 0.6 is 11.3 Å². The van der Waals surface area contributed by atoms with Crippen molar-refractivity contribution in [3.8, 4) is 16.3 Å². The van der Waals surface area contributed by atoms with Crippen LogP contribution in [0.15, 0.2) is 54.2 Å². The van der Waals surface area contributed by atoms with Crippen molar-refractivity contribution in [1.29, 1.82) is 0 Å². The molecule has 0 saturated heterocycles. The lowest BCUT2D eigenvalue weighted by Gasteiger charge is -2.15. The molecule has 3 aromatic rings. The van der Waals surface area contributed by atoms with Crippen molar-refractivity contribution in [2.24, 2.45) is 0 Å². The van der Waals surface area contributed by atoms with E-state index < -0.39 is 18.0 Å². The summed E-state index contributed by atoms with van der Waals surface area (Å²) in [5.74, 6) is -0.388. The third-order valence-corrected chi connectivity index (χ3v) is 4.85. The molecule has 150 valence electrons. The number of pyridine rings is 1. The molecule has 2 heterocycles. The van der Waals surface area contributed by atoms with E-state index in [0.717, 1.165) is 10.6 Å². The van der Waals surface area contributed by atoms with Gasteiger partial charge in [-0.1, -0.05) is 12.1 Å². The van der Waals surface area contributed by atoms with Crippen LogP contribution in [0.25, 0.3) is 10.6 Å². The molecule has 0 aliphatic carbocycles. The Kier molecular flexibility index (Phi) is 6.91. The molecule has 7 nitrogen and oxygen atoms in total. The predicted molar refractivity (Wildman–Crippen MR) is 111 cm³/mol. The van der Waals surface area contributed by atoms with E-state index in [-0.39, 0.29) is 6.42 Å². The van der Waals surface area contributed by atoms with Gasteiger partial charge in [-0.05, 0) is 38.1 Å². The van der Waals surface area contributed by atoms with Gasteiger partial charge in [-0.2, -0.15) is 0 Å². The third-order valence-electron chi connectivity index (χ3n) is 3.91. The molecule has 0 fully saturated rings. The maximum Gasteiger partial charge on any atom is 0.312 e. The summed E-state index contributed by atoms with van der Waals surface area (Å²) in [5, 5.41) is 5.30. The van der Waals surface area contributed by atoms with Crippen molar-refractivity contribution < 1.29 is 19.1 Å². The summed E-state index contributed by atoms with van der Waals surface area (Å²) in [6.07, 6.45) is 2.44. The number of aromatic nitrogens is 2. The van der Waals surface area contributed by atoms with E-state index in [9.17, 15) is 9.59 Å². The lowest BCUT2D eigenvalue weighted by atomic mass is 10.2. The van der Waals surface area contributed by atoms with Gasteiger partial charge >= 0.3 is 5.97 Å². The first-order valence-electron chi connectivity index (χ1n) is 9.13. The van der Waals surface area contributed by atoms with Crippen molar-refractivity contribution in [3.63, 3.8) is 0 Å². The fourth-order valence-corrected chi connectivity index (χ4v) is 3.35. The van der Waals surface area contributed by atoms with Crippen molar-refractivity contribution in [1.82, 2.24) is 9.97 Å². The molecule has 2 aromatic heterocycles. The summed E-state index contributed by atoms with van der Waals surface area (Å²) in [6.45, 7) is 3.87. The molecule has 1 amide bonds. The highest BCUT2D eigenvalue weighted by Crippen LogP contribution is 2.24. The highest BCUT2D eigenvalue weighted by molar-refractivity contribution is 7.13. The van der Waals surface area contributed by atoms with Crippen LogP contribution in [0, 0.1) is 0 Å². The topological polar surface area (TPSA) is 90.4 Å². The summed E-state index contributed by atoms with van der Waals surface area (Å²) < 4.78 is 10.7. The molecule has 0 unspecified atom stereocenters. The number of ether oxygens (including phenoxy) is 2. The van der Waals surface area contributed by atoms with Gasteiger partial charge in [-0.25, -0.2) is 4.98 Å². The van der Waals surface area contributed by atoms with E-state index in [2.05, 4.69) is 15.3 Å². The number of esters is 1. The second-order valence-corrected chi connectivity index (χ2v) is 6.97. The number of rotatable bonds is 8. The highest BCUT2D eigenvalue weighted by Gasteiger charge is 2.20. The molecular weight excluding hydrogens is 390 g/mol. The number of hydrogen-bond acceptors (Lipinski definition) is 7. The van der Waals surface area contributed by atoms with Gasteiger partial charge in [-0.3, -0.25) is 14.6 Å². The molecule has 0 saturated carbocycles. The number of benzene rings is 1. The van der Waals surface area contributed by atoms with Gasteiger partial charge in [0.2, 0.25) is 0 Å². The number of amides is 1. The molecule has 0 aliphatic rings. The molecule has 0 bridgehead atoms. The number of carbonyl (C=O) groups excluding carboxylic acids is 2. The molecule has 0 radical (unpaired) electrons. The molecule has 3 rings (SSSR count). The van der Waals surface area contributed by atoms with Gasteiger partial charge in [0.05, 0.1) is 24.4 Å². The molecule has 0 aliphatic heterocycles. The van der Waals surface area contributed by atoms with Gasteiger partial charge in [0, 0.05) is 23.3 Å². The Bertz CT molecular complexity index is 975. The van der Waals surface area contributed by atoms with Crippen LogP contribution in [0.5, 0.6) is 5.75 Å². The maximum atomic E-state index is 12.4. The summed E-state index contributed by atoms with van der Waals surface area (Å²) >= 11 is 1.43. The van der Waals surface area contributed by atoms with Crippen LogP contribution in [0.3, 0.4) is 0 Å². The molecule has 1 atom stereocenters. The van der Waals surface area contributed by atoms with Gasteiger partial charge in [0.1, 0.15) is 10.8 Å². The van der Waals surface area contributed by atoms with Crippen LogP contribution in [-0.2, 0) is 20.7 Å². The third kappa shape index (κ3) is 5.61. The average molecular weight is 411 g/mol. The minimum absolute atomic E-state index is 0.0100. The van der Waals surface area contributed by atoms with E-state index in [1.54, 1.807) is 36.0 Å². The van der Waals surface area contributed by atoms with Crippen molar-refractivity contribution in [2.45, 2.75) is 26.4 Å². The SMILES string of the molecule is CCOc1ccccc1NC(=O)[C@H](C)OC(=O)Cc1csc(-c2cccnc2)n1. The normalized spacial score (nSPS) is 11.5. The van der Waals surface area contributed by atoms with Gasteiger partial charge in [-0.15, -0.1) is 11.3 Å². The van der Waals surface area contributed by atoms with E-state index >= 15 is 0 Å². The van der Waals surface area contributed by atoms with Crippen molar-refractivity contribution in [2.75, 3.05) is 11.9 Å². The second-order valence-electron chi connectivity index (χ2n) is 6.11.